The number of benzene rings is 1. The van der Waals surface area contributed by atoms with E-state index in [0.29, 0.717) is 24.1 Å². The van der Waals surface area contributed by atoms with Crippen LogP contribution in [0, 0.1) is 5.92 Å². The molecular weight excluding hydrogens is 340 g/mol. The molecule has 0 saturated heterocycles. The van der Waals surface area contributed by atoms with Gasteiger partial charge in [-0.1, -0.05) is 44.5 Å². The van der Waals surface area contributed by atoms with E-state index in [1.54, 1.807) is 0 Å². The highest BCUT2D eigenvalue weighted by atomic mass is 16.5. The Balaban J connectivity index is 0.00000126. The largest absolute Gasteiger partial charge is 0.493 e. The van der Waals surface area contributed by atoms with Crippen LogP contribution in [0.3, 0.4) is 0 Å². The molecule has 2 aromatic rings. The topological polar surface area (TPSA) is 64.4 Å². The molecule has 1 aromatic carbocycles. The molecule has 0 aliphatic heterocycles. The molecule has 0 atom stereocenters. The Kier molecular flexibility index (Phi) is 8.37. The summed E-state index contributed by atoms with van der Waals surface area (Å²) in [6, 6.07) is 10.4. The maximum absolute atomic E-state index is 10.9. The van der Waals surface area contributed by atoms with Gasteiger partial charge < -0.3 is 14.6 Å². The highest BCUT2D eigenvalue weighted by molar-refractivity contribution is 5.72. The van der Waals surface area contributed by atoms with E-state index in [9.17, 15) is 4.79 Å². The van der Waals surface area contributed by atoms with Crippen molar-refractivity contribution < 1.29 is 14.1 Å². The maximum atomic E-state index is 10.9. The zero-order valence-corrected chi connectivity index (χ0v) is 17.0. The van der Waals surface area contributed by atoms with Crippen LogP contribution in [0.4, 0.5) is 0 Å². The van der Waals surface area contributed by atoms with Gasteiger partial charge in [0.05, 0.1) is 18.8 Å². The summed E-state index contributed by atoms with van der Waals surface area (Å²) < 4.78 is 11.2. The summed E-state index contributed by atoms with van der Waals surface area (Å²) in [4.78, 5) is 10.9. The highest BCUT2D eigenvalue weighted by Gasteiger charge is 2.33. The zero-order valence-electron chi connectivity index (χ0n) is 17.0. The van der Waals surface area contributed by atoms with Crippen molar-refractivity contribution in [3.05, 3.63) is 47.3 Å². The normalized spacial score (nSPS) is 18.1. The number of rotatable bonds is 8. The minimum absolute atomic E-state index is 0.0680. The van der Waals surface area contributed by atoms with Gasteiger partial charge in [0.2, 0.25) is 5.91 Å². The number of amides is 1. The Hall–Kier alpha value is -2.30. The lowest BCUT2D eigenvalue weighted by Crippen LogP contribution is -2.27. The second-order valence-electron chi connectivity index (χ2n) is 6.87. The van der Waals surface area contributed by atoms with Crippen LogP contribution in [0.5, 0.6) is 5.75 Å². The molecule has 1 aliphatic rings. The summed E-state index contributed by atoms with van der Waals surface area (Å²) in [5.41, 5.74) is 2.35. The number of carbonyl (C=O) groups is 1. The molecule has 0 unspecified atom stereocenters. The first-order valence-electron chi connectivity index (χ1n) is 10.1. The van der Waals surface area contributed by atoms with Crippen molar-refractivity contribution in [1.29, 1.82) is 0 Å². The summed E-state index contributed by atoms with van der Waals surface area (Å²) in [6.07, 6.45) is 4.42. The smallest absolute Gasteiger partial charge is 0.217 e. The van der Waals surface area contributed by atoms with Gasteiger partial charge in [-0.2, -0.15) is 0 Å². The highest BCUT2D eigenvalue weighted by Crippen LogP contribution is 2.41. The number of carbonyl (C=O) groups excluding carboxylic acids is 1. The Morgan fingerprint density at radius 2 is 1.96 bits per heavy atom. The molecule has 27 heavy (non-hydrogen) atoms. The van der Waals surface area contributed by atoms with E-state index >= 15 is 0 Å². The molecule has 1 heterocycles. The molecule has 1 amide bonds. The van der Waals surface area contributed by atoms with Crippen LogP contribution in [-0.2, 0) is 17.8 Å². The molecule has 0 bridgehead atoms. The first-order chi connectivity index (χ1) is 13.1. The van der Waals surface area contributed by atoms with Crippen molar-refractivity contribution in [2.24, 2.45) is 5.92 Å². The van der Waals surface area contributed by atoms with E-state index < -0.39 is 0 Å². The first-order valence-corrected chi connectivity index (χ1v) is 10.1. The number of hydrogen-bond donors (Lipinski definition) is 1. The minimum atomic E-state index is -0.0680. The molecule has 5 heteroatoms. The van der Waals surface area contributed by atoms with Gasteiger partial charge in [-0.25, -0.2) is 0 Å². The molecular formula is C22H32N2O3. The quantitative estimate of drug-likeness (QED) is 0.718. The number of hydrogen-bond acceptors (Lipinski definition) is 4. The van der Waals surface area contributed by atoms with Gasteiger partial charge in [0.25, 0.3) is 0 Å². The van der Waals surface area contributed by atoms with E-state index in [-0.39, 0.29) is 5.91 Å². The SMILES string of the molecule is CC.CCCc1ccc(OCC2CC(c3cc(CNC(C)=O)on3)C2)cc1. The van der Waals surface area contributed by atoms with E-state index in [4.69, 9.17) is 9.26 Å². The van der Waals surface area contributed by atoms with Gasteiger partial charge in [-0.3, -0.25) is 4.79 Å². The summed E-state index contributed by atoms with van der Waals surface area (Å²) in [5, 5.41) is 6.85. The van der Waals surface area contributed by atoms with Gasteiger partial charge in [0.1, 0.15) is 5.75 Å². The van der Waals surface area contributed by atoms with Crippen molar-refractivity contribution in [2.45, 2.75) is 65.8 Å². The van der Waals surface area contributed by atoms with E-state index in [2.05, 4.69) is 41.7 Å². The third kappa shape index (κ3) is 6.42. The van der Waals surface area contributed by atoms with Crippen LogP contribution in [0.2, 0.25) is 0 Å². The van der Waals surface area contributed by atoms with Gasteiger partial charge >= 0.3 is 0 Å². The molecule has 5 nitrogen and oxygen atoms in total. The molecule has 1 N–H and O–H groups in total. The van der Waals surface area contributed by atoms with Crippen molar-refractivity contribution >= 4 is 5.91 Å². The van der Waals surface area contributed by atoms with Crippen LogP contribution >= 0.6 is 0 Å². The van der Waals surface area contributed by atoms with Crippen LogP contribution in [0.1, 0.15) is 69.9 Å². The van der Waals surface area contributed by atoms with Gasteiger partial charge in [0.15, 0.2) is 5.76 Å². The van der Waals surface area contributed by atoms with E-state index in [0.717, 1.165) is 43.7 Å². The average molecular weight is 373 g/mol. The molecule has 1 aliphatic carbocycles. The molecule has 0 radical (unpaired) electrons. The molecule has 0 spiro atoms. The second-order valence-corrected chi connectivity index (χ2v) is 6.87. The van der Waals surface area contributed by atoms with Crippen LogP contribution in [0.25, 0.3) is 0 Å². The summed E-state index contributed by atoms with van der Waals surface area (Å²) in [5.74, 6) is 2.59. The zero-order chi connectivity index (χ0) is 19.6. The lowest BCUT2D eigenvalue weighted by Gasteiger charge is -2.33. The Bertz CT molecular complexity index is 688. The standard InChI is InChI=1S/C20H26N2O3.C2H6/c1-3-4-15-5-7-18(8-6-15)24-13-16-9-17(10-16)20-11-19(25-22-20)12-21-14(2)23;1-2/h5-8,11,16-17H,3-4,9-10,12-13H2,1-2H3,(H,21,23);1-2H3. The van der Waals surface area contributed by atoms with Crippen LogP contribution < -0.4 is 10.1 Å². The fourth-order valence-electron chi connectivity index (χ4n) is 3.18. The predicted molar refractivity (Wildman–Crippen MR) is 107 cm³/mol. The van der Waals surface area contributed by atoms with Crippen molar-refractivity contribution in [1.82, 2.24) is 10.5 Å². The molecule has 1 aromatic heterocycles. The van der Waals surface area contributed by atoms with E-state index in [1.807, 2.05) is 19.9 Å². The van der Waals surface area contributed by atoms with Crippen molar-refractivity contribution in [3.8, 4) is 5.75 Å². The monoisotopic (exact) mass is 372 g/mol. The summed E-state index contributed by atoms with van der Waals surface area (Å²) >= 11 is 0. The van der Waals surface area contributed by atoms with Gasteiger partial charge in [-0.15, -0.1) is 0 Å². The average Bonchev–Trinajstić information content (AvgIpc) is 3.10. The lowest BCUT2D eigenvalue weighted by atomic mass is 9.73. The fraction of sp³-hybridized carbons (Fsp3) is 0.545. The summed E-state index contributed by atoms with van der Waals surface area (Å²) in [7, 11) is 0. The molecule has 3 rings (SSSR count). The number of ether oxygens (including phenoxy) is 1. The fourth-order valence-corrected chi connectivity index (χ4v) is 3.18. The summed E-state index contributed by atoms with van der Waals surface area (Å²) in [6.45, 7) is 8.83. The lowest BCUT2D eigenvalue weighted by molar-refractivity contribution is -0.119. The van der Waals surface area contributed by atoms with Crippen LogP contribution in [0.15, 0.2) is 34.9 Å². The Morgan fingerprint density at radius 1 is 1.26 bits per heavy atom. The third-order valence-corrected chi connectivity index (χ3v) is 4.69. The number of nitrogens with zero attached hydrogens (tertiary/aromatic N) is 1. The molecule has 1 fully saturated rings. The number of nitrogens with one attached hydrogen (secondary N) is 1. The van der Waals surface area contributed by atoms with Gasteiger partial charge in [0, 0.05) is 18.9 Å². The third-order valence-electron chi connectivity index (χ3n) is 4.69. The maximum Gasteiger partial charge on any atom is 0.217 e. The minimum Gasteiger partial charge on any atom is -0.493 e. The first kappa shape index (κ1) is 21.0. The van der Waals surface area contributed by atoms with Crippen molar-refractivity contribution in [3.63, 3.8) is 0 Å². The predicted octanol–water partition coefficient (Wildman–Crippen LogP) is 4.86. The number of aryl methyl sites for hydroxylation is 1. The Labute approximate surface area is 162 Å². The number of aromatic nitrogens is 1. The van der Waals surface area contributed by atoms with Crippen molar-refractivity contribution in [2.75, 3.05) is 6.61 Å². The second kappa shape index (κ2) is 10.8. The molecule has 1 saturated carbocycles. The van der Waals surface area contributed by atoms with Crippen LogP contribution in [-0.4, -0.2) is 17.7 Å². The van der Waals surface area contributed by atoms with E-state index in [1.165, 1.54) is 12.5 Å². The van der Waals surface area contributed by atoms with Gasteiger partial charge in [-0.05, 0) is 42.9 Å². The Morgan fingerprint density at radius 3 is 2.59 bits per heavy atom. The molecule has 148 valence electrons.